The molecule has 0 radical (unpaired) electrons. The van der Waals surface area contributed by atoms with Gasteiger partial charge in [-0.25, -0.2) is 4.79 Å². The number of carboxylic acids is 1. The summed E-state index contributed by atoms with van der Waals surface area (Å²) in [6.07, 6.45) is 1.36. The van der Waals surface area contributed by atoms with Crippen molar-refractivity contribution >= 4 is 12.0 Å². The molecule has 3 atom stereocenters. The van der Waals surface area contributed by atoms with Gasteiger partial charge >= 0.3 is 12.0 Å². The molecule has 0 aromatic heterocycles. The van der Waals surface area contributed by atoms with E-state index < -0.39 is 11.9 Å². The van der Waals surface area contributed by atoms with Crippen LogP contribution in [0.25, 0.3) is 0 Å². The van der Waals surface area contributed by atoms with E-state index in [1.807, 2.05) is 27.7 Å². The molecule has 1 fully saturated rings. The molecule has 1 saturated heterocycles. The third kappa shape index (κ3) is 5.53. The summed E-state index contributed by atoms with van der Waals surface area (Å²) >= 11 is 0. The Morgan fingerprint density at radius 1 is 1.43 bits per heavy atom. The molecule has 0 spiro atoms. The fourth-order valence-electron chi connectivity index (χ4n) is 2.70. The Kier molecular flexibility index (Phi) is 6.01. The number of ether oxygens (including phenoxy) is 1. The molecule has 0 saturated carbocycles. The normalized spacial score (nSPS) is 23.7. The summed E-state index contributed by atoms with van der Waals surface area (Å²) in [5.41, 5.74) is -0.0898. The van der Waals surface area contributed by atoms with Gasteiger partial charge in [0.05, 0.1) is 18.1 Å². The summed E-state index contributed by atoms with van der Waals surface area (Å²) in [6.45, 7) is 8.74. The van der Waals surface area contributed by atoms with Gasteiger partial charge in [-0.2, -0.15) is 0 Å². The third-order valence-electron chi connectivity index (χ3n) is 3.86. The first-order chi connectivity index (χ1) is 9.61. The number of nitrogens with zero attached hydrogens (tertiary/aromatic N) is 1. The minimum atomic E-state index is -0.870. The zero-order valence-corrected chi connectivity index (χ0v) is 13.7. The number of carboxylic acid groups (broad SMARTS) is 1. The lowest BCUT2D eigenvalue weighted by Gasteiger charge is -2.28. The molecule has 3 unspecified atom stereocenters. The summed E-state index contributed by atoms with van der Waals surface area (Å²) in [5, 5.41) is 12.0. The van der Waals surface area contributed by atoms with Crippen LogP contribution >= 0.6 is 0 Å². The molecule has 1 rings (SSSR count). The first-order valence-electron chi connectivity index (χ1n) is 7.47. The number of hydrogen-bond acceptors (Lipinski definition) is 3. The Bertz CT molecular complexity index is 378. The molecule has 0 aliphatic carbocycles. The SMILES string of the molecule is CC1OCCC1N(C)C(=O)NCC(CC(C)(C)C)C(=O)O. The van der Waals surface area contributed by atoms with E-state index in [9.17, 15) is 14.7 Å². The van der Waals surface area contributed by atoms with E-state index in [0.717, 1.165) is 6.42 Å². The number of rotatable bonds is 5. The van der Waals surface area contributed by atoms with Gasteiger partial charge in [-0.1, -0.05) is 20.8 Å². The van der Waals surface area contributed by atoms with E-state index in [4.69, 9.17) is 4.74 Å². The van der Waals surface area contributed by atoms with Gasteiger partial charge in [0.25, 0.3) is 0 Å². The number of carbonyl (C=O) groups is 2. The fraction of sp³-hybridized carbons (Fsp3) is 0.867. The number of hydrogen-bond donors (Lipinski definition) is 2. The Morgan fingerprint density at radius 2 is 2.05 bits per heavy atom. The first-order valence-corrected chi connectivity index (χ1v) is 7.47. The molecule has 0 aromatic rings. The Labute approximate surface area is 126 Å². The molecule has 6 nitrogen and oxygen atoms in total. The van der Waals surface area contributed by atoms with Gasteiger partial charge < -0.3 is 20.1 Å². The number of aliphatic carboxylic acids is 1. The summed E-state index contributed by atoms with van der Waals surface area (Å²) in [7, 11) is 1.73. The van der Waals surface area contributed by atoms with E-state index in [2.05, 4.69) is 5.32 Å². The molecular formula is C15H28N2O4. The predicted octanol–water partition coefficient (Wildman–Crippen LogP) is 1.94. The van der Waals surface area contributed by atoms with Crippen LogP contribution in [-0.4, -0.2) is 54.4 Å². The van der Waals surface area contributed by atoms with Crippen LogP contribution in [-0.2, 0) is 9.53 Å². The topological polar surface area (TPSA) is 78.9 Å². The third-order valence-corrected chi connectivity index (χ3v) is 3.86. The minimum Gasteiger partial charge on any atom is -0.481 e. The lowest BCUT2D eigenvalue weighted by atomic mass is 9.84. The van der Waals surface area contributed by atoms with Gasteiger partial charge in [-0.15, -0.1) is 0 Å². The van der Waals surface area contributed by atoms with E-state index in [1.165, 1.54) is 0 Å². The number of carbonyl (C=O) groups excluding carboxylic acids is 1. The standard InChI is InChI=1S/C15H28N2O4/c1-10-12(6-7-21-10)17(5)14(20)16-9-11(13(18)19)8-15(2,3)4/h10-12H,6-9H2,1-5H3,(H,16,20)(H,18,19). The molecule has 1 heterocycles. The van der Waals surface area contributed by atoms with Crippen LogP contribution in [0.4, 0.5) is 4.79 Å². The highest BCUT2D eigenvalue weighted by Crippen LogP contribution is 2.24. The molecule has 1 aliphatic rings. The maximum atomic E-state index is 12.1. The predicted molar refractivity (Wildman–Crippen MR) is 80.2 cm³/mol. The van der Waals surface area contributed by atoms with Gasteiger partial charge in [-0.3, -0.25) is 4.79 Å². The second kappa shape index (κ2) is 7.11. The van der Waals surface area contributed by atoms with Crippen LogP contribution in [0.1, 0.15) is 40.5 Å². The zero-order chi connectivity index (χ0) is 16.2. The van der Waals surface area contributed by atoms with E-state index >= 15 is 0 Å². The summed E-state index contributed by atoms with van der Waals surface area (Å²) in [6, 6.07) is -0.187. The second-order valence-electron chi connectivity index (χ2n) is 7.03. The first kappa shape index (κ1) is 17.8. The molecule has 21 heavy (non-hydrogen) atoms. The smallest absolute Gasteiger partial charge is 0.317 e. The van der Waals surface area contributed by atoms with Crippen molar-refractivity contribution in [2.75, 3.05) is 20.2 Å². The van der Waals surface area contributed by atoms with Crippen molar-refractivity contribution in [3.05, 3.63) is 0 Å². The van der Waals surface area contributed by atoms with E-state index in [1.54, 1.807) is 11.9 Å². The maximum Gasteiger partial charge on any atom is 0.317 e. The van der Waals surface area contributed by atoms with Gasteiger partial charge in [0.1, 0.15) is 0 Å². The second-order valence-corrected chi connectivity index (χ2v) is 7.03. The maximum absolute atomic E-state index is 12.1. The van der Waals surface area contributed by atoms with Crippen molar-refractivity contribution < 1.29 is 19.4 Å². The monoisotopic (exact) mass is 300 g/mol. The largest absolute Gasteiger partial charge is 0.481 e. The van der Waals surface area contributed by atoms with Gasteiger partial charge in [0.2, 0.25) is 0 Å². The van der Waals surface area contributed by atoms with E-state index in [0.29, 0.717) is 13.0 Å². The quantitative estimate of drug-likeness (QED) is 0.813. The highest BCUT2D eigenvalue weighted by atomic mass is 16.5. The molecule has 122 valence electrons. The van der Waals surface area contributed by atoms with Crippen molar-refractivity contribution in [1.29, 1.82) is 0 Å². The lowest BCUT2D eigenvalue weighted by molar-refractivity contribution is -0.142. The van der Waals surface area contributed by atoms with Crippen LogP contribution in [0.2, 0.25) is 0 Å². The molecular weight excluding hydrogens is 272 g/mol. The van der Waals surface area contributed by atoms with Crippen LogP contribution in [0.3, 0.4) is 0 Å². The molecule has 2 N–H and O–H groups in total. The van der Waals surface area contributed by atoms with Gasteiger partial charge in [0.15, 0.2) is 0 Å². The van der Waals surface area contributed by atoms with Crippen molar-refractivity contribution in [1.82, 2.24) is 10.2 Å². The Hall–Kier alpha value is -1.30. The average molecular weight is 300 g/mol. The zero-order valence-electron chi connectivity index (χ0n) is 13.7. The van der Waals surface area contributed by atoms with Gasteiger partial charge in [0, 0.05) is 20.2 Å². The Morgan fingerprint density at radius 3 is 2.48 bits per heavy atom. The number of nitrogens with one attached hydrogen (secondary N) is 1. The van der Waals surface area contributed by atoms with Gasteiger partial charge in [-0.05, 0) is 25.2 Å². The average Bonchev–Trinajstić information content (AvgIpc) is 2.77. The summed E-state index contributed by atoms with van der Waals surface area (Å²) in [4.78, 5) is 25.0. The summed E-state index contributed by atoms with van der Waals surface area (Å²) in [5.74, 6) is -1.44. The molecule has 2 amide bonds. The fourth-order valence-corrected chi connectivity index (χ4v) is 2.70. The minimum absolute atomic E-state index is 0.0191. The highest BCUT2D eigenvalue weighted by molar-refractivity contribution is 5.76. The number of likely N-dealkylation sites (N-methyl/N-ethyl adjacent to an activating group) is 1. The van der Waals surface area contributed by atoms with Crippen molar-refractivity contribution in [3.63, 3.8) is 0 Å². The summed E-state index contributed by atoms with van der Waals surface area (Å²) < 4.78 is 5.45. The van der Waals surface area contributed by atoms with Crippen LogP contribution in [0.15, 0.2) is 0 Å². The molecule has 0 bridgehead atoms. The molecule has 1 aliphatic heterocycles. The molecule has 0 aromatic carbocycles. The molecule has 6 heteroatoms. The lowest BCUT2D eigenvalue weighted by Crippen LogP contribution is -2.48. The van der Waals surface area contributed by atoms with Crippen molar-refractivity contribution in [2.24, 2.45) is 11.3 Å². The highest BCUT2D eigenvalue weighted by Gasteiger charge is 2.31. The van der Waals surface area contributed by atoms with Crippen LogP contribution < -0.4 is 5.32 Å². The van der Waals surface area contributed by atoms with Crippen LogP contribution in [0, 0.1) is 11.3 Å². The van der Waals surface area contributed by atoms with Crippen molar-refractivity contribution in [3.8, 4) is 0 Å². The Balaban J connectivity index is 2.51. The number of amides is 2. The van der Waals surface area contributed by atoms with Crippen molar-refractivity contribution in [2.45, 2.75) is 52.7 Å². The van der Waals surface area contributed by atoms with E-state index in [-0.39, 0.29) is 30.1 Å². The van der Waals surface area contributed by atoms with Crippen LogP contribution in [0.5, 0.6) is 0 Å². The number of urea groups is 1.